The minimum atomic E-state index is -0.150. The van der Waals surface area contributed by atoms with Gasteiger partial charge in [0, 0.05) is 23.0 Å². The number of nitrogens with zero attached hydrogens (tertiary/aromatic N) is 2. The third kappa shape index (κ3) is 3.60. The number of carbonyl (C=O) groups excluding carboxylic acids is 1. The Labute approximate surface area is 173 Å². The van der Waals surface area contributed by atoms with E-state index in [1.165, 1.54) is 6.08 Å². The molecule has 1 heterocycles. The van der Waals surface area contributed by atoms with Crippen molar-refractivity contribution < 1.29 is 4.79 Å². The van der Waals surface area contributed by atoms with Crippen LogP contribution in [0.4, 0.5) is 5.69 Å². The molecule has 0 fully saturated rings. The topological polar surface area (TPSA) is 54.4 Å². The first-order chi connectivity index (χ1) is 14.1. The number of thiazole rings is 1. The van der Waals surface area contributed by atoms with Crippen LogP contribution in [0.15, 0.2) is 101 Å². The Kier molecular flexibility index (Phi) is 5.06. The number of hydrogen-bond acceptors (Lipinski definition) is 5. The number of hydrogen-bond donors (Lipinski definition) is 1. The lowest BCUT2D eigenvalue weighted by atomic mass is 9.95. The summed E-state index contributed by atoms with van der Waals surface area (Å²) >= 11 is 1.66. The minimum Gasteiger partial charge on any atom is -0.352 e. The third-order valence-electron chi connectivity index (χ3n) is 4.53. The number of benzene rings is 2. The molecule has 0 saturated carbocycles. The van der Waals surface area contributed by atoms with E-state index in [9.17, 15) is 4.79 Å². The molecule has 1 aromatic heterocycles. The number of nitrogens with one attached hydrogen (secondary N) is 1. The molecular formula is C24H19N3OS. The normalized spacial score (nSPS) is 14.6. The van der Waals surface area contributed by atoms with E-state index in [2.05, 4.69) is 34.5 Å². The van der Waals surface area contributed by atoms with E-state index in [4.69, 9.17) is 0 Å². The molecule has 0 aliphatic heterocycles. The highest BCUT2D eigenvalue weighted by molar-refractivity contribution is 7.21. The molecular weight excluding hydrogens is 378 g/mol. The second-order valence-corrected chi connectivity index (χ2v) is 7.49. The van der Waals surface area contributed by atoms with Crippen LogP contribution in [0.5, 0.6) is 0 Å². The van der Waals surface area contributed by atoms with Gasteiger partial charge in [-0.25, -0.2) is 4.98 Å². The Bertz CT molecular complexity index is 1190. The van der Waals surface area contributed by atoms with Gasteiger partial charge in [0.05, 0.1) is 21.6 Å². The lowest BCUT2D eigenvalue weighted by molar-refractivity contribution is -0.111. The molecule has 4 nitrogen and oxygen atoms in total. The number of rotatable bonds is 5. The van der Waals surface area contributed by atoms with Crippen LogP contribution in [0.25, 0.3) is 20.8 Å². The van der Waals surface area contributed by atoms with Crippen molar-refractivity contribution in [3.8, 4) is 10.6 Å². The number of para-hydroxylation sites is 1. The predicted octanol–water partition coefficient (Wildman–Crippen LogP) is 5.93. The highest BCUT2D eigenvalue weighted by Crippen LogP contribution is 2.32. The number of aliphatic imine (C=N–C) groups is 1. The third-order valence-corrected chi connectivity index (χ3v) is 5.62. The van der Waals surface area contributed by atoms with E-state index in [0.29, 0.717) is 22.5 Å². The predicted molar refractivity (Wildman–Crippen MR) is 122 cm³/mol. The van der Waals surface area contributed by atoms with Crippen molar-refractivity contribution >= 4 is 39.2 Å². The van der Waals surface area contributed by atoms with E-state index < -0.39 is 0 Å². The van der Waals surface area contributed by atoms with Gasteiger partial charge in [-0.2, -0.15) is 0 Å². The maximum absolute atomic E-state index is 12.8. The number of Topliss-reactive ketones (excluding diaryl/α,β-unsaturated/α-hetero) is 1. The van der Waals surface area contributed by atoms with Crippen LogP contribution in [0, 0.1) is 0 Å². The first-order valence-electron chi connectivity index (χ1n) is 9.15. The standard InChI is InChI=1S/C24H19N3OS/c1-4-18-22(25-5-2)15(3)14-20(23(18)28)26-17-12-10-16(11-13-17)24-27-19-8-6-7-9-21(19)29-24/h4-14,26H,1,3H2,2H3. The summed E-state index contributed by atoms with van der Waals surface area (Å²) in [7, 11) is 0. The van der Waals surface area contributed by atoms with Gasteiger partial charge >= 0.3 is 0 Å². The molecule has 0 radical (unpaired) electrons. The minimum absolute atomic E-state index is 0.150. The molecule has 0 unspecified atom stereocenters. The van der Waals surface area contributed by atoms with Crippen molar-refractivity contribution in [2.45, 2.75) is 6.92 Å². The molecule has 29 heavy (non-hydrogen) atoms. The van der Waals surface area contributed by atoms with Gasteiger partial charge in [0.25, 0.3) is 0 Å². The smallest absolute Gasteiger partial charge is 0.211 e. The summed E-state index contributed by atoms with van der Waals surface area (Å²) in [5.41, 5.74) is 4.98. The second-order valence-electron chi connectivity index (χ2n) is 6.46. The summed E-state index contributed by atoms with van der Waals surface area (Å²) in [6.07, 6.45) is 4.89. The SMILES string of the molecule is C=CC1=C(N=CC)C(=C)C=C(Nc2ccc(-c3nc4ccccc4s3)cc2)C1=O. The molecule has 0 bridgehead atoms. The highest BCUT2D eigenvalue weighted by atomic mass is 32.1. The van der Waals surface area contributed by atoms with Crippen molar-refractivity contribution in [3.05, 3.63) is 96.4 Å². The van der Waals surface area contributed by atoms with Crippen LogP contribution in [0.1, 0.15) is 6.92 Å². The van der Waals surface area contributed by atoms with Crippen molar-refractivity contribution in [2.75, 3.05) is 5.32 Å². The average Bonchev–Trinajstić information content (AvgIpc) is 3.17. The van der Waals surface area contributed by atoms with E-state index >= 15 is 0 Å². The van der Waals surface area contributed by atoms with E-state index in [1.807, 2.05) is 42.5 Å². The summed E-state index contributed by atoms with van der Waals surface area (Å²) in [6.45, 7) is 9.57. The molecule has 1 N–H and O–H groups in total. The van der Waals surface area contributed by atoms with Crippen LogP contribution in [0.2, 0.25) is 0 Å². The van der Waals surface area contributed by atoms with Gasteiger partial charge in [0.1, 0.15) is 5.01 Å². The molecule has 3 aromatic rings. The fourth-order valence-electron chi connectivity index (χ4n) is 3.14. The first-order valence-corrected chi connectivity index (χ1v) is 9.96. The monoisotopic (exact) mass is 397 g/mol. The van der Waals surface area contributed by atoms with E-state index in [0.717, 1.165) is 26.5 Å². The quantitative estimate of drug-likeness (QED) is 0.543. The Balaban J connectivity index is 1.57. The van der Waals surface area contributed by atoms with Crippen molar-refractivity contribution in [2.24, 2.45) is 4.99 Å². The van der Waals surface area contributed by atoms with Gasteiger partial charge in [0.15, 0.2) is 0 Å². The summed E-state index contributed by atoms with van der Waals surface area (Å²) in [6, 6.07) is 16.0. The molecule has 4 rings (SSSR count). The van der Waals surface area contributed by atoms with Gasteiger partial charge in [-0.15, -0.1) is 11.3 Å². The van der Waals surface area contributed by atoms with Crippen LogP contribution in [-0.4, -0.2) is 17.0 Å². The van der Waals surface area contributed by atoms with Crippen LogP contribution in [0.3, 0.4) is 0 Å². The number of allylic oxidation sites excluding steroid dienone is 3. The first kappa shape index (κ1) is 18.8. The zero-order chi connectivity index (χ0) is 20.4. The van der Waals surface area contributed by atoms with Gasteiger partial charge < -0.3 is 5.32 Å². The largest absolute Gasteiger partial charge is 0.352 e. The van der Waals surface area contributed by atoms with E-state index in [-0.39, 0.29) is 5.78 Å². The molecule has 1 aliphatic rings. The molecule has 2 aromatic carbocycles. The number of ketones is 1. The molecule has 142 valence electrons. The molecule has 0 atom stereocenters. The lowest BCUT2D eigenvalue weighted by Gasteiger charge is -2.18. The lowest BCUT2D eigenvalue weighted by Crippen LogP contribution is -2.18. The molecule has 0 spiro atoms. The Morgan fingerprint density at radius 2 is 1.90 bits per heavy atom. The summed E-state index contributed by atoms with van der Waals surface area (Å²) in [4.78, 5) is 21.7. The van der Waals surface area contributed by atoms with Crippen molar-refractivity contribution in [1.29, 1.82) is 0 Å². The van der Waals surface area contributed by atoms with E-state index in [1.54, 1.807) is 30.6 Å². The highest BCUT2D eigenvalue weighted by Gasteiger charge is 2.23. The fraction of sp³-hybridized carbons (Fsp3) is 0.0417. The van der Waals surface area contributed by atoms with Crippen LogP contribution >= 0.6 is 11.3 Å². The van der Waals surface area contributed by atoms with Gasteiger partial charge in [-0.1, -0.05) is 31.4 Å². The number of carbonyl (C=O) groups is 1. The molecule has 1 aliphatic carbocycles. The maximum Gasteiger partial charge on any atom is 0.211 e. The zero-order valence-electron chi connectivity index (χ0n) is 16.0. The van der Waals surface area contributed by atoms with Gasteiger partial charge in [-0.05, 0) is 55.0 Å². The number of fused-ring (bicyclic) bond motifs is 1. The Morgan fingerprint density at radius 1 is 1.14 bits per heavy atom. The zero-order valence-corrected chi connectivity index (χ0v) is 16.8. The van der Waals surface area contributed by atoms with Crippen molar-refractivity contribution in [1.82, 2.24) is 4.98 Å². The summed E-state index contributed by atoms with van der Waals surface area (Å²) < 4.78 is 1.16. The van der Waals surface area contributed by atoms with Crippen LogP contribution < -0.4 is 5.32 Å². The van der Waals surface area contributed by atoms with Gasteiger partial charge in [0.2, 0.25) is 5.78 Å². The Hall–Kier alpha value is -3.57. The molecule has 0 saturated heterocycles. The van der Waals surface area contributed by atoms with Crippen molar-refractivity contribution in [3.63, 3.8) is 0 Å². The Morgan fingerprint density at radius 3 is 2.59 bits per heavy atom. The van der Waals surface area contributed by atoms with Crippen LogP contribution in [-0.2, 0) is 4.79 Å². The fourth-order valence-corrected chi connectivity index (χ4v) is 4.12. The number of aromatic nitrogens is 1. The number of anilines is 1. The molecule has 0 amide bonds. The average molecular weight is 398 g/mol. The molecule has 5 heteroatoms. The summed E-state index contributed by atoms with van der Waals surface area (Å²) in [5, 5.41) is 4.16. The second kappa shape index (κ2) is 7.81. The maximum atomic E-state index is 12.8. The summed E-state index contributed by atoms with van der Waals surface area (Å²) in [5.74, 6) is -0.150. The van der Waals surface area contributed by atoms with Gasteiger partial charge in [-0.3, -0.25) is 9.79 Å².